The van der Waals surface area contributed by atoms with Crippen molar-refractivity contribution in [1.82, 2.24) is 15.5 Å². The number of aromatic nitrogens is 2. The van der Waals surface area contributed by atoms with Gasteiger partial charge in [-0.05, 0) is 36.6 Å². The lowest BCUT2D eigenvalue weighted by Gasteiger charge is -2.20. The van der Waals surface area contributed by atoms with Gasteiger partial charge in [-0.15, -0.1) is 0 Å². The van der Waals surface area contributed by atoms with E-state index in [2.05, 4.69) is 81.4 Å². The number of anilines is 1. The number of nitrogens with zero attached hydrogens (tertiary/aromatic N) is 2. The predicted molar refractivity (Wildman–Crippen MR) is 103 cm³/mol. The molecule has 0 spiro atoms. The summed E-state index contributed by atoms with van der Waals surface area (Å²) in [6.07, 6.45) is 3.21. The Labute approximate surface area is 153 Å². The summed E-state index contributed by atoms with van der Waals surface area (Å²) in [6, 6.07) is 8.63. The van der Waals surface area contributed by atoms with Crippen LogP contribution in [0.25, 0.3) is 0 Å². The normalized spacial score (nSPS) is 18.3. The Morgan fingerprint density at radius 2 is 2.04 bits per heavy atom. The van der Waals surface area contributed by atoms with Crippen molar-refractivity contribution in [2.24, 2.45) is 5.92 Å². The summed E-state index contributed by atoms with van der Waals surface area (Å²) in [5, 5.41) is 11.0. The van der Waals surface area contributed by atoms with Crippen molar-refractivity contribution < 1.29 is 0 Å². The Hall–Kier alpha value is -1.33. The number of nitrogens with one attached hydrogen (secondary N) is 2. The van der Waals surface area contributed by atoms with Crippen molar-refractivity contribution in [3.8, 4) is 0 Å². The number of rotatable bonds is 5. The molecule has 24 heavy (non-hydrogen) atoms. The van der Waals surface area contributed by atoms with Crippen molar-refractivity contribution in [3.05, 3.63) is 46.2 Å². The zero-order valence-corrected chi connectivity index (χ0v) is 16.4. The molecule has 3 rings (SSSR count). The highest BCUT2D eigenvalue weighted by Crippen LogP contribution is 2.26. The minimum absolute atomic E-state index is 0.110. The van der Waals surface area contributed by atoms with E-state index in [1.54, 1.807) is 0 Å². The fourth-order valence-corrected chi connectivity index (χ4v) is 3.66. The van der Waals surface area contributed by atoms with Crippen LogP contribution in [0.4, 0.5) is 5.69 Å². The van der Waals surface area contributed by atoms with Crippen LogP contribution in [0.5, 0.6) is 0 Å². The average molecular weight is 391 g/mol. The van der Waals surface area contributed by atoms with Gasteiger partial charge in [0.25, 0.3) is 0 Å². The fourth-order valence-electron chi connectivity index (χ4n) is 3.39. The first-order valence-electron chi connectivity index (χ1n) is 8.67. The number of H-pyrrole nitrogens is 1. The van der Waals surface area contributed by atoms with Gasteiger partial charge in [-0.1, -0.05) is 36.7 Å². The largest absolute Gasteiger partial charge is 0.371 e. The van der Waals surface area contributed by atoms with Crippen molar-refractivity contribution in [1.29, 1.82) is 0 Å². The van der Waals surface area contributed by atoms with Gasteiger partial charge in [-0.3, -0.25) is 5.10 Å². The topological polar surface area (TPSA) is 44.0 Å². The summed E-state index contributed by atoms with van der Waals surface area (Å²) >= 11 is 3.50. The lowest BCUT2D eigenvalue weighted by molar-refractivity contribution is 0.508. The van der Waals surface area contributed by atoms with Gasteiger partial charge in [-0.2, -0.15) is 5.10 Å². The molecule has 130 valence electrons. The maximum atomic E-state index is 4.22. The molecule has 4 nitrogen and oxygen atoms in total. The lowest BCUT2D eigenvalue weighted by atomic mass is 9.89. The Bertz CT molecular complexity index is 657. The molecule has 1 aromatic heterocycles. The smallest absolute Gasteiger partial charge is 0.0535 e. The summed E-state index contributed by atoms with van der Waals surface area (Å²) in [7, 11) is 0. The van der Waals surface area contributed by atoms with Crippen LogP contribution in [0, 0.1) is 5.92 Å². The maximum absolute atomic E-state index is 4.22. The van der Waals surface area contributed by atoms with Gasteiger partial charge in [0.15, 0.2) is 0 Å². The van der Waals surface area contributed by atoms with E-state index in [-0.39, 0.29) is 5.41 Å². The van der Waals surface area contributed by atoms with Crippen LogP contribution in [0.2, 0.25) is 0 Å². The van der Waals surface area contributed by atoms with Crippen LogP contribution < -0.4 is 10.2 Å². The quantitative estimate of drug-likeness (QED) is 0.807. The second-order valence-corrected chi connectivity index (χ2v) is 8.64. The Kier molecular flexibility index (Phi) is 5.30. The Morgan fingerprint density at radius 1 is 1.29 bits per heavy atom. The molecule has 2 heterocycles. The Morgan fingerprint density at radius 3 is 2.75 bits per heavy atom. The zero-order valence-electron chi connectivity index (χ0n) is 14.8. The third-order valence-electron chi connectivity index (χ3n) is 4.69. The van der Waals surface area contributed by atoms with Gasteiger partial charge < -0.3 is 10.2 Å². The minimum atomic E-state index is 0.110. The average Bonchev–Trinajstić information content (AvgIpc) is 3.17. The second-order valence-electron chi connectivity index (χ2n) is 7.73. The van der Waals surface area contributed by atoms with Crippen molar-refractivity contribution in [3.63, 3.8) is 0 Å². The van der Waals surface area contributed by atoms with E-state index in [0.717, 1.165) is 30.7 Å². The SMILES string of the molecule is CC(C)(C)c1[nH]ncc1CNCC1CCN(c2ccc(Br)cc2)C1. The van der Waals surface area contributed by atoms with Crippen molar-refractivity contribution >= 4 is 21.6 Å². The number of hydrogen-bond donors (Lipinski definition) is 2. The molecular formula is C19H27BrN4. The molecule has 0 bridgehead atoms. The molecule has 1 atom stereocenters. The highest BCUT2D eigenvalue weighted by Gasteiger charge is 2.23. The van der Waals surface area contributed by atoms with Crippen LogP contribution in [0.15, 0.2) is 34.9 Å². The molecule has 0 radical (unpaired) electrons. The summed E-state index contributed by atoms with van der Waals surface area (Å²) in [5.41, 5.74) is 3.95. The van der Waals surface area contributed by atoms with E-state index in [4.69, 9.17) is 0 Å². The molecule has 1 aliphatic rings. The van der Waals surface area contributed by atoms with Crippen molar-refractivity contribution in [2.75, 3.05) is 24.5 Å². The molecule has 1 aromatic carbocycles. The van der Waals surface area contributed by atoms with Crippen LogP contribution in [0.3, 0.4) is 0 Å². The number of halogens is 1. The molecule has 5 heteroatoms. The zero-order chi connectivity index (χ0) is 17.2. The first-order valence-corrected chi connectivity index (χ1v) is 9.47. The highest BCUT2D eigenvalue weighted by atomic mass is 79.9. The molecule has 2 N–H and O–H groups in total. The van der Waals surface area contributed by atoms with Crippen LogP contribution in [-0.4, -0.2) is 29.8 Å². The summed E-state index contributed by atoms with van der Waals surface area (Å²) in [6.45, 7) is 10.9. The molecule has 1 unspecified atom stereocenters. The van der Waals surface area contributed by atoms with Gasteiger partial charge in [0.1, 0.15) is 0 Å². The Balaban J connectivity index is 1.49. The maximum Gasteiger partial charge on any atom is 0.0535 e. The third-order valence-corrected chi connectivity index (χ3v) is 5.22. The molecule has 1 fully saturated rings. The van der Waals surface area contributed by atoms with Gasteiger partial charge >= 0.3 is 0 Å². The van der Waals surface area contributed by atoms with E-state index in [9.17, 15) is 0 Å². The number of hydrogen-bond acceptors (Lipinski definition) is 3. The van der Waals surface area contributed by atoms with E-state index in [1.807, 2.05) is 6.20 Å². The molecule has 2 aromatic rings. The monoisotopic (exact) mass is 390 g/mol. The van der Waals surface area contributed by atoms with Crippen molar-refractivity contribution in [2.45, 2.75) is 39.2 Å². The number of aromatic amines is 1. The van der Waals surface area contributed by atoms with Gasteiger partial charge in [0.2, 0.25) is 0 Å². The van der Waals surface area contributed by atoms with Crippen LogP contribution >= 0.6 is 15.9 Å². The first kappa shape index (κ1) is 17.5. The molecular weight excluding hydrogens is 364 g/mol. The highest BCUT2D eigenvalue weighted by molar-refractivity contribution is 9.10. The summed E-state index contributed by atoms with van der Waals surface area (Å²) in [5.74, 6) is 0.707. The van der Waals surface area contributed by atoms with Gasteiger partial charge in [0, 0.05) is 53.0 Å². The fraction of sp³-hybridized carbons (Fsp3) is 0.526. The number of benzene rings is 1. The van der Waals surface area contributed by atoms with Crippen LogP contribution in [0.1, 0.15) is 38.4 Å². The predicted octanol–water partition coefficient (Wildman–Crippen LogP) is 4.09. The molecule has 0 amide bonds. The third kappa shape index (κ3) is 4.19. The molecule has 1 saturated heterocycles. The standard InChI is InChI=1S/C19H27BrN4/c1-19(2,3)18-15(12-22-23-18)11-21-10-14-8-9-24(13-14)17-6-4-16(20)5-7-17/h4-7,12,14,21H,8-11,13H2,1-3H3,(H,22,23). The second kappa shape index (κ2) is 7.28. The van der Waals surface area contributed by atoms with E-state index in [1.165, 1.54) is 23.4 Å². The molecule has 0 saturated carbocycles. The summed E-state index contributed by atoms with van der Waals surface area (Å²) in [4.78, 5) is 2.48. The molecule has 1 aliphatic heterocycles. The lowest BCUT2D eigenvalue weighted by Crippen LogP contribution is -2.27. The summed E-state index contributed by atoms with van der Waals surface area (Å²) < 4.78 is 1.14. The van der Waals surface area contributed by atoms with Crippen LogP contribution in [-0.2, 0) is 12.0 Å². The van der Waals surface area contributed by atoms with E-state index >= 15 is 0 Å². The molecule has 0 aliphatic carbocycles. The van der Waals surface area contributed by atoms with Gasteiger partial charge in [0.05, 0.1) is 6.20 Å². The van der Waals surface area contributed by atoms with E-state index < -0.39 is 0 Å². The first-order chi connectivity index (χ1) is 11.4. The van der Waals surface area contributed by atoms with E-state index in [0.29, 0.717) is 5.92 Å². The van der Waals surface area contributed by atoms with Gasteiger partial charge in [-0.25, -0.2) is 0 Å². The minimum Gasteiger partial charge on any atom is -0.371 e.